The summed E-state index contributed by atoms with van der Waals surface area (Å²) in [6.07, 6.45) is 0.635. The van der Waals surface area contributed by atoms with Crippen LogP contribution in [0.5, 0.6) is 5.75 Å². The number of aliphatic hydroxyl groups is 1. The Morgan fingerprint density at radius 2 is 1.83 bits per heavy atom. The molecule has 0 aliphatic carbocycles. The SMILES string of the molecule is CC(C)N(CC[C@H](c1ccccc1)c1cc(CO)ccc1O)N=O. The third-order valence-electron chi connectivity index (χ3n) is 4.20. The Labute approximate surface area is 142 Å². The third kappa shape index (κ3) is 4.32. The van der Waals surface area contributed by atoms with Gasteiger partial charge in [0.2, 0.25) is 0 Å². The highest BCUT2D eigenvalue weighted by Gasteiger charge is 2.20. The maximum absolute atomic E-state index is 11.0. The van der Waals surface area contributed by atoms with Crippen LogP contribution in [0.2, 0.25) is 0 Å². The summed E-state index contributed by atoms with van der Waals surface area (Å²) < 4.78 is 0. The van der Waals surface area contributed by atoms with Crippen LogP contribution in [0, 0.1) is 4.91 Å². The zero-order valence-corrected chi connectivity index (χ0v) is 14.1. The minimum Gasteiger partial charge on any atom is -0.508 e. The van der Waals surface area contributed by atoms with Crippen LogP contribution in [0.25, 0.3) is 0 Å². The molecule has 0 aliphatic heterocycles. The number of nitrogens with zero attached hydrogens (tertiary/aromatic N) is 2. The topological polar surface area (TPSA) is 73.1 Å². The van der Waals surface area contributed by atoms with E-state index in [1.807, 2.05) is 50.2 Å². The van der Waals surface area contributed by atoms with Gasteiger partial charge in [-0.3, -0.25) is 5.01 Å². The average molecular weight is 328 g/mol. The van der Waals surface area contributed by atoms with Crippen LogP contribution in [0.4, 0.5) is 0 Å². The van der Waals surface area contributed by atoms with Crippen LogP contribution in [0.15, 0.2) is 53.8 Å². The summed E-state index contributed by atoms with van der Waals surface area (Å²) in [7, 11) is 0. The van der Waals surface area contributed by atoms with Crippen molar-refractivity contribution in [2.24, 2.45) is 5.29 Å². The minimum atomic E-state index is -0.0827. The Morgan fingerprint density at radius 1 is 1.12 bits per heavy atom. The average Bonchev–Trinajstić information content (AvgIpc) is 2.60. The van der Waals surface area contributed by atoms with E-state index in [-0.39, 0.29) is 24.3 Å². The van der Waals surface area contributed by atoms with E-state index >= 15 is 0 Å². The second-order valence-corrected chi connectivity index (χ2v) is 6.14. The largest absolute Gasteiger partial charge is 0.508 e. The highest BCUT2D eigenvalue weighted by atomic mass is 16.3. The van der Waals surface area contributed by atoms with E-state index in [0.717, 1.165) is 16.7 Å². The molecule has 0 aromatic heterocycles. The quantitative estimate of drug-likeness (QED) is 0.571. The van der Waals surface area contributed by atoms with Gasteiger partial charge in [0.15, 0.2) is 0 Å². The summed E-state index contributed by atoms with van der Waals surface area (Å²) in [5.74, 6) is 0.108. The number of hydrogen-bond acceptors (Lipinski definition) is 4. The van der Waals surface area contributed by atoms with Crippen LogP contribution in [0.3, 0.4) is 0 Å². The van der Waals surface area contributed by atoms with E-state index in [1.165, 1.54) is 5.01 Å². The zero-order valence-electron chi connectivity index (χ0n) is 14.1. The van der Waals surface area contributed by atoms with Gasteiger partial charge in [0.25, 0.3) is 0 Å². The summed E-state index contributed by atoms with van der Waals surface area (Å²) in [6, 6.07) is 15.0. The summed E-state index contributed by atoms with van der Waals surface area (Å²) in [6.45, 7) is 4.25. The van der Waals surface area contributed by atoms with E-state index in [0.29, 0.717) is 13.0 Å². The molecule has 0 bridgehead atoms. The van der Waals surface area contributed by atoms with Gasteiger partial charge in [-0.15, -0.1) is 4.91 Å². The fraction of sp³-hybridized carbons (Fsp3) is 0.368. The van der Waals surface area contributed by atoms with Gasteiger partial charge in [-0.05, 0) is 43.5 Å². The lowest BCUT2D eigenvalue weighted by Gasteiger charge is -2.24. The van der Waals surface area contributed by atoms with Crippen molar-refractivity contribution in [3.05, 3.63) is 70.1 Å². The fourth-order valence-electron chi connectivity index (χ4n) is 2.82. The van der Waals surface area contributed by atoms with E-state index in [2.05, 4.69) is 5.29 Å². The van der Waals surface area contributed by atoms with E-state index in [4.69, 9.17) is 0 Å². The van der Waals surface area contributed by atoms with Crippen LogP contribution in [0.1, 0.15) is 42.9 Å². The Kier molecular flexibility index (Phi) is 6.32. The van der Waals surface area contributed by atoms with E-state index in [9.17, 15) is 15.1 Å². The molecule has 0 saturated carbocycles. The molecular weight excluding hydrogens is 304 g/mol. The Hall–Kier alpha value is -2.40. The number of benzene rings is 2. The lowest BCUT2D eigenvalue weighted by Crippen LogP contribution is -2.27. The molecule has 2 N–H and O–H groups in total. The van der Waals surface area contributed by atoms with E-state index in [1.54, 1.807) is 12.1 Å². The smallest absolute Gasteiger partial charge is 0.119 e. The van der Waals surface area contributed by atoms with Gasteiger partial charge in [-0.25, -0.2) is 0 Å². The van der Waals surface area contributed by atoms with Gasteiger partial charge in [0.1, 0.15) is 5.75 Å². The van der Waals surface area contributed by atoms with Gasteiger partial charge >= 0.3 is 0 Å². The molecule has 0 spiro atoms. The molecule has 0 amide bonds. The first-order valence-electron chi connectivity index (χ1n) is 8.14. The zero-order chi connectivity index (χ0) is 17.5. The fourth-order valence-corrected chi connectivity index (χ4v) is 2.82. The molecule has 2 aromatic carbocycles. The first-order chi connectivity index (χ1) is 11.6. The number of nitroso groups, excluding NO2 is 1. The van der Waals surface area contributed by atoms with Crippen molar-refractivity contribution < 1.29 is 10.2 Å². The van der Waals surface area contributed by atoms with Crippen molar-refractivity contribution in [3.8, 4) is 5.75 Å². The molecular formula is C19H24N2O3. The number of aliphatic hydroxyl groups excluding tert-OH is 1. The molecule has 5 nitrogen and oxygen atoms in total. The normalized spacial score (nSPS) is 12.2. The standard InChI is InChI=1S/C19H24N2O3/c1-14(2)21(20-24)11-10-17(16-6-4-3-5-7-16)18-12-15(13-22)8-9-19(18)23/h3-9,12,14,17,22-23H,10-11,13H2,1-2H3/t17-/m1/s1. The Bertz CT molecular complexity index is 659. The molecule has 24 heavy (non-hydrogen) atoms. The monoisotopic (exact) mass is 328 g/mol. The number of rotatable bonds is 8. The summed E-state index contributed by atoms with van der Waals surface area (Å²) in [5, 5.41) is 24.3. The van der Waals surface area contributed by atoms with Gasteiger partial charge in [0.05, 0.1) is 11.9 Å². The molecule has 0 saturated heterocycles. The third-order valence-corrected chi connectivity index (χ3v) is 4.20. The van der Waals surface area contributed by atoms with Crippen molar-refractivity contribution in [1.29, 1.82) is 0 Å². The molecule has 0 aliphatic rings. The molecule has 0 unspecified atom stereocenters. The first-order valence-corrected chi connectivity index (χ1v) is 8.14. The van der Waals surface area contributed by atoms with Crippen LogP contribution >= 0.6 is 0 Å². The molecule has 1 atom stereocenters. The van der Waals surface area contributed by atoms with Crippen LogP contribution < -0.4 is 0 Å². The predicted octanol–water partition coefficient (Wildman–Crippen LogP) is 3.80. The molecule has 5 heteroatoms. The lowest BCUT2D eigenvalue weighted by molar-refractivity contribution is 0.222. The number of phenols is 1. The number of hydrogen-bond donors (Lipinski definition) is 2. The predicted molar refractivity (Wildman–Crippen MR) is 94.6 cm³/mol. The van der Waals surface area contributed by atoms with Crippen molar-refractivity contribution in [2.75, 3.05) is 6.54 Å². The highest BCUT2D eigenvalue weighted by Crippen LogP contribution is 2.35. The summed E-state index contributed by atoms with van der Waals surface area (Å²) >= 11 is 0. The minimum absolute atomic E-state index is 0.0243. The highest BCUT2D eigenvalue weighted by molar-refractivity contribution is 5.43. The van der Waals surface area contributed by atoms with Gasteiger partial charge in [0, 0.05) is 24.1 Å². The maximum atomic E-state index is 11.0. The lowest BCUT2D eigenvalue weighted by atomic mass is 9.87. The number of phenolic OH excluding ortho intramolecular Hbond substituents is 1. The van der Waals surface area contributed by atoms with Crippen molar-refractivity contribution in [2.45, 2.75) is 38.8 Å². The van der Waals surface area contributed by atoms with Crippen molar-refractivity contribution in [1.82, 2.24) is 5.01 Å². The number of aromatic hydroxyl groups is 1. The van der Waals surface area contributed by atoms with Gasteiger partial charge in [-0.1, -0.05) is 36.4 Å². The first kappa shape index (κ1) is 17.9. The summed E-state index contributed by atoms with van der Waals surface area (Å²) in [4.78, 5) is 11.0. The molecule has 0 heterocycles. The van der Waals surface area contributed by atoms with Crippen molar-refractivity contribution in [3.63, 3.8) is 0 Å². The second-order valence-electron chi connectivity index (χ2n) is 6.14. The van der Waals surface area contributed by atoms with Crippen molar-refractivity contribution >= 4 is 0 Å². The molecule has 2 aromatic rings. The maximum Gasteiger partial charge on any atom is 0.119 e. The Balaban J connectivity index is 2.35. The Morgan fingerprint density at radius 3 is 2.42 bits per heavy atom. The van der Waals surface area contributed by atoms with E-state index < -0.39 is 0 Å². The van der Waals surface area contributed by atoms with Gasteiger partial charge < -0.3 is 10.2 Å². The molecule has 2 rings (SSSR count). The summed E-state index contributed by atoms with van der Waals surface area (Å²) in [5.41, 5.74) is 2.55. The molecule has 0 radical (unpaired) electrons. The van der Waals surface area contributed by atoms with Crippen LogP contribution in [-0.2, 0) is 6.61 Å². The van der Waals surface area contributed by atoms with Gasteiger partial charge in [-0.2, -0.15) is 0 Å². The molecule has 0 fully saturated rings. The molecule has 128 valence electrons. The van der Waals surface area contributed by atoms with Crippen LogP contribution in [-0.4, -0.2) is 27.8 Å². The second kappa shape index (κ2) is 8.45.